The van der Waals surface area contributed by atoms with E-state index in [1.165, 1.54) is 18.2 Å². The predicted molar refractivity (Wildman–Crippen MR) is 84.1 cm³/mol. The van der Waals surface area contributed by atoms with Gasteiger partial charge in [0.25, 0.3) is 5.91 Å². The molecule has 0 saturated heterocycles. The minimum atomic E-state index is -4.43. The number of carbonyl (C=O) groups is 1. The van der Waals surface area contributed by atoms with Gasteiger partial charge in [0.05, 0.1) is 5.56 Å². The molecule has 0 atom stereocenters. The van der Waals surface area contributed by atoms with Gasteiger partial charge in [0.15, 0.2) is 0 Å². The maximum atomic E-state index is 12.8. The predicted octanol–water partition coefficient (Wildman–Crippen LogP) is 3.69. The summed E-state index contributed by atoms with van der Waals surface area (Å²) in [5.74, 6) is 0.242. The van der Waals surface area contributed by atoms with Gasteiger partial charge in [-0.15, -0.1) is 0 Å². The van der Waals surface area contributed by atoms with Crippen molar-refractivity contribution < 1.29 is 18.0 Å². The first kappa shape index (κ1) is 17.7. The van der Waals surface area contributed by atoms with E-state index in [1.807, 2.05) is 6.92 Å². The number of hydrogen-bond acceptors (Lipinski definition) is 4. The minimum Gasteiger partial charge on any atom is -0.351 e. The van der Waals surface area contributed by atoms with Crippen LogP contribution in [0.25, 0.3) is 0 Å². The van der Waals surface area contributed by atoms with E-state index in [0.29, 0.717) is 12.4 Å². The first-order chi connectivity index (χ1) is 11.3. The standard InChI is InChI=1S/C16H17F3N4O/c1-3-7-20-15(24)13-9-14(22-10(2)21-13)23-12-6-4-5-11(8-12)16(17,18)19/h4-6,8-9H,3,7H2,1-2H3,(H,20,24)(H,21,22,23). The lowest BCUT2D eigenvalue weighted by Gasteiger charge is -2.11. The molecule has 1 heterocycles. The Labute approximate surface area is 137 Å². The summed E-state index contributed by atoms with van der Waals surface area (Å²) in [6.45, 7) is 4.04. The second-order valence-electron chi connectivity index (χ2n) is 5.15. The highest BCUT2D eigenvalue weighted by atomic mass is 19.4. The second-order valence-corrected chi connectivity index (χ2v) is 5.15. The van der Waals surface area contributed by atoms with Gasteiger partial charge in [-0.05, 0) is 31.5 Å². The number of nitrogens with one attached hydrogen (secondary N) is 2. The van der Waals surface area contributed by atoms with E-state index in [1.54, 1.807) is 6.92 Å². The van der Waals surface area contributed by atoms with Gasteiger partial charge in [0.1, 0.15) is 17.3 Å². The van der Waals surface area contributed by atoms with Crippen molar-refractivity contribution in [3.05, 3.63) is 47.4 Å². The third kappa shape index (κ3) is 4.68. The number of benzene rings is 1. The van der Waals surface area contributed by atoms with Gasteiger partial charge in [-0.3, -0.25) is 4.79 Å². The number of rotatable bonds is 5. The SMILES string of the molecule is CCCNC(=O)c1cc(Nc2cccc(C(F)(F)F)c2)nc(C)n1. The molecule has 0 aliphatic carbocycles. The van der Waals surface area contributed by atoms with Crippen LogP contribution in [-0.4, -0.2) is 22.4 Å². The highest BCUT2D eigenvalue weighted by molar-refractivity contribution is 5.93. The third-order valence-electron chi connectivity index (χ3n) is 3.07. The van der Waals surface area contributed by atoms with Crippen molar-refractivity contribution in [3.8, 4) is 0 Å². The zero-order chi connectivity index (χ0) is 17.7. The summed E-state index contributed by atoms with van der Waals surface area (Å²) in [7, 11) is 0. The first-order valence-electron chi connectivity index (χ1n) is 7.37. The molecule has 1 aromatic heterocycles. The quantitative estimate of drug-likeness (QED) is 0.873. The Morgan fingerprint density at radius 3 is 2.62 bits per heavy atom. The van der Waals surface area contributed by atoms with Gasteiger partial charge in [-0.1, -0.05) is 13.0 Å². The van der Waals surface area contributed by atoms with E-state index in [0.717, 1.165) is 18.6 Å². The number of alkyl halides is 3. The van der Waals surface area contributed by atoms with E-state index in [-0.39, 0.29) is 23.1 Å². The van der Waals surface area contributed by atoms with E-state index in [2.05, 4.69) is 20.6 Å². The molecule has 1 amide bonds. The Bertz CT molecular complexity index is 732. The zero-order valence-corrected chi connectivity index (χ0v) is 13.2. The Morgan fingerprint density at radius 2 is 1.96 bits per heavy atom. The Balaban J connectivity index is 2.24. The van der Waals surface area contributed by atoms with Gasteiger partial charge >= 0.3 is 6.18 Å². The number of halogens is 3. The fourth-order valence-electron chi connectivity index (χ4n) is 2.00. The summed E-state index contributed by atoms with van der Waals surface area (Å²) in [6, 6.07) is 6.16. The number of amides is 1. The molecule has 1 aromatic carbocycles. The monoisotopic (exact) mass is 338 g/mol. The molecule has 24 heavy (non-hydrogen) atoms. The third-order valence-corrected chi connectivity index (χ3v) is 3.07. The van der Waals surface area contributed by atoms with Crippen molar-refractivity contribution >= 4 is 17.4 Å². The molecule has 0 saturated carbocycles. The molecule has 128 valence electrons. The van der Waals surface area contributed by atoms with Gasteiger partial charge in [0, 0.05) is 18.3 Å². The molecule has 0 radical (unpaired) electrons. The van der Waals surface area contributed by atoms with Crippen LogP contribution < -0.4 is 10.6 Å². The van der Waals surface area contributed by atoms with E-state index < -0.39 is 11.7 Å². The summed E-state index contributed by atoms with van der Waals surface area (Å²) >= 11 is 0. The summed E-state index contributed by atoms with van der Waals surface area (Å²) in [4.78, 5) is 20.1. The lowest BCUT2D eigenvalue weighted by Crippen LogP contribution is -2.25. The summed E-state index contributed by atoms with van der Waals surface area (Å²) in [5.41, 5.74) is -0.382. The van der Waals surface area contributed by atoms with E-state index in [9.17, 15) is 18.0 Å². The molecular weight excluding hydrogens is 321 g/mol. The van der Waals surface area contributed by atoms with Crippen molar-refractivity contribution in [2.45, 2.75) is 26.4 Å². The molecule has 0 unspecified atom stereocenters. The van der Waals surface area contributed by atoms with Gasteiger partial charge in [-0.25, -0.2) is 9.97 Å². The molecular formula is C16H17F3N4O. The number of aryl methyl sites for hydroxylation is 1. The fourth-order valence-corrected chi connectivity index (χ4v) is 2.00. The topological polar surface area (TPSA) is 66.9 Å². The number of aromatic nitrogens is 2. The van der Waals surface area contributed by atoms with Crippen LogP contribution in [0.1, 0.15) is 35.2 Å². The van der Waals surface area contributed by atoms with Crippen molar-refractivity contribution in [3.63, 3.8) is 0 Å². The van der Waals surface area contributed by atoms with Crippen LogP contribution in [0.3, 0.4) is 0 Å². The van der Waals surface area contributed by atoms with Gasteiger partial charge in [0.2, 0.25) is 0 Å². The molecule has 2 aromatic rings. The molecule has 5 nitrogen and oxygen atoms in total. The van der Waals surface area contributed by atoms with Crippen LogP contribution >= 0.6 is 0 Å². The molecule has 2 rings (SSSR count). The van der Waals surface area contributed by atoms with Crippen molar-refractivity contribution in [2.75, 3.05) is 11.9 Å². The molecule has 8 heteroatoms. The van der Waals surface area contributed by atoms with Gasteiger partial charge in [-0.2, -0.15) is 13.2 Å². The molecule has 0 bridgehead atoms. The summed E-state index contributed by atoms with van der Waals surface area (Å²) in [5, 5.41) is 5.47. The first-order valence-corrected chi connectivity index (χ1v) is 7.37. The van der Waals surface area contributed by atoms with Crippen LogP contribution in [-0.2, 0) is 6.18 Å². The minimum absolute atomic E-state index is 0.158. The van der Waals surface area contributed by atoms with Crippen molar-refractivity contribution in [2.24, 2.45) is 0 Å². The Morgan fingerprint density at radius 1 is 1.21 bits per heavy atom. The lowest BCUT2D eigenvalue weighted by molar-refractivity contribution is -0.137. The maximum absolute atomic E-state index is 12.8. The van der Waals surface area contributed by atoms with Gasteiger partial charge < -0.3 is 10.6 Å². The number of anilines is 2. The van der Waals surface area contributed by atoms with Crippen LogP contribution in [0, 0.1) is 6.92 Å². The summed E-state index contributed by atoms with van der Waals surface area (Å²) < 4.78 is 38.3. The normalized spacial score (nSPS) is 11.2. The molecule has 0 aliphatic heterocycles. The van der Waals surface area contributed by atoms with Crippen LogP contribution in [0.4, 0.5) is 24.7 Å². The molecule has 2 N–H and O–H groups in total. The fraction of sp³-hybridized carbons (Fsp3) is 0.312. The maximum Gasteiger partial charge on any atom is 0.416 e. The Kier molecular flexibility index (Phi) is 5.38. The second kappa shape index (κ2) is 7.29. The highest BCUT2D eigenvalue weighted by Crippen LogP contribution is 2.31. The molecule has 0 fully saturated rings. The highest BCUT2D eigenvalue weighted by Gasteiger charge is 2.30. The van der Waals surface area contributed by atoms with E-state index >= 15 is 0 Å². The zero-order valence-electron chi connectivity index (χ0n) is 13.2. The van der Waals surface area contributed by atoms with Crippen molar-refractivity contribution in [1.29, 1.82) is 0 Å². The average molecular weight is 338 g/mol. The van der Waals surface area contributed by atoms with Crippen molar-refractivity contribution in [1.82, 2.24) is 15.3 Å². The molecule has 0 aliphatic rings. The lowest BCUT2D eigenvalue weighted by atomic mass is 10.2. The number of carbonyl (C=O) groups excluding carboxylic acids is 1. The Hall–Kier alpha value is -2.64. The smallest absolute Gasteiger partial charge is 0.351 e. The largest absolute Gasteiger partial charge is 0.416 e. The van der Waals surface area contributed by atoms with Crippen LogP contribution in [0.2, 0.25) is 0 Å². The van der Waals surface area contributed by atoms with E-state index in [4.69, 9.17) is 0 Å². The average Bonchev–Trinajstić information content (AvgIpc) is 2.51. The summed E-state index contributed by atoms with van der Waals surface area (Å²) in [6.07, 6.45) is -3.64. The number of nitrogens with zero attached hydrogens (tertiary/aromatic N) is 2. The number of hydrogen-bond donors (Lipinski definition) is 2. The van der Waals surface area contributed by atoms with Crippen LogP contribution in [0.5, 0.6) is 0 Å². The van der Waals surface area contributed by atoms with Crippen LogP contribution in [0.15, 0.2) is 30.3 Å². The molecule has 0 spiro atoms.